The van der Waals surface area contributed by atoms with E-state index in [2.05, 4.69) is 15.0 Å². The largest absolute Gasteiger partial charge is 0.478 e. The van der Waals surface area contributed by atoms with Crippen LogP contribution in [-0.2, 0) is 24.3 Å². The van der Waals surface area contributed by atoms with Crippen LogP contribution in [0.25, 0.3) is 22.4 Å². The fourth-order valence-electron chi connectivity index (χ4n) is 4.85. The molecular formula is C31H24F4N4O4. The molecule has 1 fully saturated rings. The normalized spacial score (nSPS) is 14.6. The first-order valence-electron chi connectivity index (χ1n) is 13.4. The number of imidazole rings is 1. The summed E-state index contributed by atoms with van der Waals surface area (Å²) in [4.78, 5) is 23.8. The minimum atomic E-state index is -1.27. The highest BCUT2D eigenvalue weighted by atomic mass is 19.1. The second-order valence-electron chi connectivity index (χ2n) is 10.3. The number of hydrogen-bond donors (Lipinski definition) is 1. The average molecular weight is 593 g/mol. The molecular weight excluding hydrogens is 568 g/mol. The SMILES string of the molecule is Cc1ccc(COc2nc(-c3ccc(Cc4nc5c(F)cc(C(=O)O)cc5n4C[C@@H]4CCO4)cc3F)ncc2F)c(F)c1. The molecule has 6 rings (SSSR count). The number of rotatable bonds is 9. The Morgan fingerprint density at radius 3 is 2.53 bits per heavy atom. The van der Waals surface area contributed by atoms with Gasteiger partial charge in [0.25, 0.3) is 5.88 Å². The van der Waals surface area contributed by atoms with Gasteiger partial charge < -0.3 is 19.1 Å². The molecule has 2 aromatic heterocycles. The molecule has 1 atom stereocenters. The summed E-state index contributed by atoms with van der Waals surface area (Å²) in [5.41, 5.74) is 1.49. The summed E-state index contributed by atoms with van der Waals surface area (Å²) < 4.78 is 71.4. The minimum Gasteiger partial charge on any atom is -0.478 e. The molecule has 43 heavy (non-hydrogen) atoms. The van der Waals surface area contributed by atoms with E-state index in [0.29, 0.717) is 30.1 Å². The molecule has 0 bridgehead atoms. The van der Waals surface area contributed by atoms with Crippen LogP contribution < -0.4 is 4.74 Å². The maximum atomic E-state index is 15.4. The molecule has 1 aliphatic rings. The van der Waals surface area contributed by atoms with E-state index in [-0.39, 0.29) is 47.2 Å². The van der Waals surface area contributed by atoms with Crippen LogP contribution in [0.3, 0.4) is 0 Å². The molecule has 0 saturated carbocycles. The topological polar surface area (TPSA) is 99.4 Å². The van der Waals surface area contributed by atoms with Gasteiger partial charge in [-0.1, -0.05) is 18.2 Å². The van der Waals surface area contributed by atoms with Crippen molar-refractivity contribution in [2.45, 2.75) is 39.0 Å². The van der Waals surface area contributed by atoms with E-state index in [1.807, 2.05) is 0 Å². The number of aromatic carboxylic acids is 1. The fraction of sp³-hybridized carbons (Fsp3) is 0.226. The lowest BCUT2D eigenvalue weighted by Gasteiger charge is -2.27. The van der Waals surface area contributed by atoms with Crippen molar-refractivity contribution in [2.75, 3.05) is 6.61 Å². The van der Waals surface area contributed by atoms with Crippen LogP contribution in [0.15, 0.2) is 54.7 Å². The molecule has 0 spiro atoms. The van der Waals surface area contributed by atoms with Crippen molar-refractivity contribution in [3.05, 3.63) is 106 Å². The third-order valence-electron chi connectivity index (χ3n) is 7.23. The number of halogens is 4. The van der Waals surface area contributed by atoms with Gasteiger partial charge in [0, 0.05) is 18.6 Å². The summed E-state index contributed by atoms with van der Waals surface area (Å²) >= 11 is 0. The molecule has 1 N–H and O–H groups in total. The van der Waals surface area contributed by atoms with Crippen LogP contribution in [0.5, 0.6) is 5.88 Å². The third-order valence-corrected chi connectivity index (χ3v) is 7.23. The van der Waals surface area contributed by atoms with Gasteiger partial charge in [0.15, 0.2) is 11.6 Å². The van der Waals surface area contributed by atoms with Crippen LogP contribution in [0.4, 0.5) is 17.6 Å². The Hall–Kier alpha value is -4.84. The molecule has 0 aliphatic carbocycles. The number of fused-ring (bicyclic) bond motifs is 1. The van der Waals surface area contributed by atoms with Crippen LogP contribution in [0.2, 0.25) is 0 Å². The molecule has 0 radical (unpaired) electrons. The van der Waals surface area contributed by atoms with Gasteiger partial charge in [-0.3, -0.25) is 0 Å². The Morgan fingerprint density at radius 1 is 1.02 bits per heavy atom. The second-order valence-corrected chi connectivity index (χ2v) is 10.3. The molecule has 12 heteroatoms. The van der Waals surface area contributed by atoms with Gasteiger partial charge in [-0.2, -0.15) is 9.37 Å². The summed E-state index contributed by atoms with van der Waals surface area (Å²) in [6, 6.07) is 11.1. The van der Waals surface area contributed by atoms with E-state index in [4.69, 9.17) is 9.47 Å². The second kappa shape index (κ2) is 11.4. The van der Waals surface area contributed by atoms with Crippen molar-refractivity contribution < 1.29 is 36.9 Å². The maximum Gasteiger partial charge on any atom is 0.335 e. The summed E-state index contributed by atoms with van der Waals surface area (Å²) in [7, 11) is 0. The molecule has 8 nitrogen and oxygen atoms in total. The zero-order valence-corrected chi connectivity index (χ0v) is 22.8. The van der Waals surface area contributed by atoms with Crippen LogP contribution in [0, 0.1) is 30.2 Å². The number of aromatic nitrogens is 4. The van der Waals surface area contributed by atoms with Crippen LogP contribution >= 0.6 is 0 Å². The first kappa shape index (κ1) is 28.3. The van der Waals surface area contributed by atoms with Gasteiger partial charge in [0.2, 0.25) is 5.82 Å². The quantitative estimate of drug-likeness (QED) is 0.209. The summed E-state index contributed by atoms with van der Waals surface area (Å²) in [6.45, 7) is 2.37. The first-order valence-corrected chi connectivity index (χ1v) is 13.4. The summed E-state index contributed by atoms with van der Waals surface area (Å²) in [5.74, 6) is -4.34. The Bertz CT molecular complexity index is 1870. The summed E-state index contributed by atoms with van der Waals surface area (Å²) in [5, 5.41) is 9.41. The van der Waals surface area contributed by atoms with Gasteiger partial charge in [-0.15, -0.1) is 0 Å². The maximum absolute atomic E-state index is 15.4. The molecule has 5 aromatic rings. The van der Waals surface area contributed by atoms with Gasteiger partial charge in [0.05, 0.1) is 35.5 Å². The zero-order valence-electron chi connectivity index (χ0n) is 22.8. The molecule has 1 aliphatic heterocycles. The molecule has 220 valence electrons. The number of ether oxygens (including phenoxy) is 2. The molecule has 1 saturated heterocycles. The lowest BCUT2D eigenvalue weighted by atomic mass is 10.1. The highest BCUT2D eigenvalue weighted by Gasteiger charge is 2.24. The minimum absolute atomic E-state index is 0.00850. The van der Waals surface area contributed by atoms with Gasteiger partial charge in [-0.05, 0) is 54.8 Å². The van der Waals surface area contributed by atoms with Gasteiger partial charge >= 0.3 is 5.97 Å². The van der Waals surface area contributed by atoms with E-state index < -0.39 is 35.1 Å². The number of nitrogens with zero attached hydrogens (tertiary/aromatic N) is 4. The van der Waals surface area contributed by atoms with E-state index in [0.717, 1.165) is 24.2 Å². The van der Waals surface area contributed by atoms with Crippen LogP contribution in [0.1, 0.15) is 39.3 Å². The number of carboxylic acids is 1. The lowest BCUT2D eigenvalue weighted by molar-refractivity contribution is -0.0589. The molecule has 0 amide bonds. The Balaban J connectivity index is 1.27. The highest BCUT2D eigenvalue weighted by molar-refractivity contribution is 5.92. The standard InChI is InChI=1S/C31H24F4N4O4/c1-16-2-4-18(22(32)8-16)15-43-30-25(35)13-36-29(38-30)21-5-3-17(9-23(21)33)10-27-37-28-24(34)11-19(31(40)41)12-26(28)39(27)14-20-6-7-42-20/h2-5,8-9,11-13,20H,6-7,10,14-15H2,1H3,(H,40,41)/t20-/m0/s1. The highest BCUT2D eigenvalue weighted by Crippen LogP contribution is 2.28. The lowest BCUT2D eigenvalue weighted by Crippen LogP contribution is -2.31. The fourth-order valence-corrected chi connectivity index (χ4v) is 4.85. The third kappa shape index (κ3) is 5.78. The van der Waals surface area contributed by atoms with Crippen LogP contribution in [-0.4, -0.2) is 43.3 Å². The Morgan fingerprint density at radius 2 is 1.84 bits per heavy atom. The van der Waals surface area contributed by atoms with E-state index in [1.54, 1.807) is 23.6 Å². The predicted molar refractivity (Wildman–Crippen MR) is 147 cm³/mol. The first-order chi connectivity index (χ1) is 20.7. The smallest absolute Gasteiger partial charge is 0.335 e. The van der Waals surface area contributed by atoms with Gasteiger partial charge in [0.1, 0.15) is 29.6 Å². The van der Waals surface area contributed by atoms with Crippen molar-refractivity contribution in [3.63, 3.8) is 0 Å². The summed E-state index contributed by atoms with van der Waals surface area (Å²) in [6.07, 6.45) is 1.59. The molecule has 3 aromatic carbocycles. The molecule has 3 heterocycles. The number of carbonyl (C=O) groups is 1. The Labute approximate surface area is 242 Å². The van der Waals surface area contributed by atoms with Gasteiger partial charge in [-0.25, -0.2) is 27.9 Å². The molecule has 0 unspecified atom stereocenters. The van der Waals surface area contributed by atoms with Crippen molar-refractivity contribution in [3.8, 4) is 17.3 Å². The monoisotopic (exact) mass is 592 g/mol. The van der Waals surface area contributed by atoms with E-state index in [9.17, 15) is 23.1 Å². The predicted octanol–water partition coefficient (Wildman–Crippen LogP) is 6.02. The number of carboxylic acid groups (broad SMARTS) is 1. The van der Waals surface area contributed by atoms with Crippen molar-refractivity contribution in [2.24, 2.45) is 0 Å². The average Bonchev–Trinajstić information content (AvgIpc) is 3.28. The number of hydrogen-bond acceptors (Lipinski definition) is 6. The number of aryl methyl sites for hydroxylation is 1. The van der Waals surface area contributed by atoms with Crippen molar-refractivity contribution >= 4 is 17.0 Å². The van der Waals surface area contributed by atoms with E-state index >= 15 is 4.39 Å². The zero-order chi connectivity index (χ0) is 30.2. The number of benzene rings is 3. The van der Waals surface area contributed by atoms with Crippen molar-refractivity contribution in [1.29, 1.82) is 0 Å². The Kier molecular flexibility index (Phi) is 7.53. The van der Waals surface area contributed by atoms with E-state index in [1.165, 1.54) is 30.3 Å². The van der Waals surface area contributed by atoms with Crippen molar-refractivity contribution in [1.82, 2.24) is 19.5 Å².